The highest BCUT2D eigenvalue weighted by Gasteiger charge is 2.12. The van der Waals surface area contributed by atoms with Crippen molar-refractivity contribution in [3.8, 4) is 22.1 Å². The van der Waals surface area contributed by atoms with Crippen LogP contribution in [0.2, 0.25) is 4.34 Å². The second kappa shape index (κ2) is 8.03. The minimum atomic E-state index is -0.424. The van der Waals surface area contributed by atoms with E-state index in [4.69, 9.17) is 21.1 Å². The van der Waals surface area contributed by atoms with Crippen molar-refractivity contribution in [2.75, 3.05) is 14.2 Å². The van der Waals surface area contributed by atoms with Crippen LogP contribution in [0.1, 0.15) is 16.1 Å². The summed E-state index contributed by atoms with van der Waals surface area (Å²) in [6, 6.07) is 10.6. The summed E-state index contributed by atoms with van der Waals surface area (Å²) in [7, 11) is 3.12. The van der Waals surface area contributed by atoms with Crippen molar-refractivity contribution >= 4 is 35.1 Å². The number of thiophene rings is 1. The van der Waals surface area contributed by atoms with Gasteiger partial charge in [0.25, 0.3) is 5.91 Å². The Labute approximate surface area is 158 Å². The zero-order valence-electron chi connectivity index (χ0n) is 13.9. The summed E-state index contributed by atoms with van der Waals surface area (Å²) in [5.41, 5.74) is 4.13. The molecule has 134 valence electrons. The molecule has 0 spiro atoms. The number of halogens is 1. The number of methoxy groups -OCH3 is 2. The van der Waals surface area contributed by atoms with Gasteiger partial charge in [0, 0.05) is 0 Å². The van der Waals surface area contributed by atoms with Crippen molar-refractivity contribution in [3.63, 3.8) is 0 Å². The van der Waals surface area contributed by atoms with E-state index >= 15 is 0 Å². The molecular formula is C17H15ClN4O3S. The largest absolute Gasteiger partial charge is 0.493 e. The van der Waals surface area contributed by atoms with Gasteiger partial charge in [-0.3, -0.25) is 9.89 Å². The maximum absolute atomic E-state index is 12.1. The van der Waals surface area contributed by atoms with Crippen LogP contribution in [0.5, 0.6) is 11.5 Å². The number of benzene rings is 1. The number of carbonyl (C=O) groups is 1. The van der Waals surface area contributed by atoms with Crippen LogP contribution >= 0.6 is 22.9 Å². The van der Waals surface area contributed by atoms with Crippen molar-refractivity contribution in [2.24, 2.45) is 5.10 Å². The molecule has 3 rings (SSSR count). The normalized spacial score (nSPS) is 10.9. The Hall–Kier alpha value is -2.84. The first kappa shape index (κ1) is 18.0. The van der Waals surface area contributed by atoms with E-state index in [-0.39, 0.29) is 5.69 Å². The fraction of sp³-hybridized carbons (Fsp3) is 0.118. The van der Waals surface area contributed by atoms with E-state index in [1.807, 2.05) is 6.07 Å². The van der Waals surface area contributed by atoms with E-state index in [9.17, 15) is 4.79 Å². The first-order valence-electron chi connectivity index (χ1n) is 7.47. The maximum atomic E-state index is 12.1. The Morgan fingerprint density at radius 2 is 2.04 bits per heavy atom. The molecule has 0 aliphatic rings. The monoisotopic (exact) mass is 390 g/mol. The Bertz CT molecular complexity index is 951. The number of aromatic amines is 1. The summed E-state index contributed by atoms with van der Waals surface area (Å²) >= 11 is 7.31. The molecule has 2 N–H and O–H groups in total. The van der Waals surface area contributed by atoms with Gasteiger partial charge in [0.15, 0.2) is 17.2 Å². The number of rotatable bonds is 6. The fourth-order valence-electron chi connectivity index (χ4n) is 2.18. The Morgan fingerprint density at radius 3 is 2.73 bits per heavy atom. The van der Waals surface area contributed by atoms with E-state index in [0.717, 1.165) is 16.1 Å². The van der Waals surface area contributed by atoms with Crippen LogP contribution < -0.4 is 14.9 Å². The second-order valence-electron chi connectivity index (χ2n) is 5.08. The van der Waals surface area contributed by atoms with Crippen LogP contribution in [0.25, 0.3) is 10.6 Å². The van der Waals surface area contributed by atoms with Gasteiger partial charge in [0.1, 0.15) is 0 Å². The van der Waals surface area contributed by atoms with Gasteiger partial charge in [-0.05, 0) is 42.0 Å². The fourth-order valence-corrected chi connectivity index (χ4v) is 3.19. The predicted molar refractivity (Wildman–Crippen MR) is 102 cm³/mol. The Morgan fingerprint density at radius 1 is 1.23 bits per heavy atom. The van der Waals surface area contributed by atoms with Crippen LogP contribution in [0.15, 0.2) is 41.5 Å². The van der Waals surface area contributed by atoms with Crippen molar-refractivity contribution < 1.29 is 14.3 Å². The molecule has 0 radical (unpaired) electrons. The molecule has 0 unspecified atom stereocenters. The first-order chi connectivity index (χ1) is 12.6. The molecule has 0 atom stereocenters. The van der Waals surface area contributed by atoms with Crippen molar-refractivity contribution in [1.29, 1.82) is 0 Å². The van der Waals surface area contributed by atoms with Gasteiger partial charge in [-0.15, -0.1) is 11.3 Å². The number of nitrogens with zero attached hydrogens (tertiary/aromatic N) is 2. The van der Waals surface area contributed by atoms with Gasteiger partial charge in [0.05, 0.1) is 35.3 Å². The zero-order chi connectivity index (χ0) is 18.5. The van der Waals surface area contributed by atoms with Crippen LogP contribution in [0, 0.1) is 0 Å². The highest BCUT2D eigenvalue weighted by molar-refractivity contribution is 7.19. The molecule has 26 heavy (non-hydrogen) atoms. The number of hydrogen-bond donors (Lipinski definition) is 2. The molecule has 2 aromatic heterocycles. The summed E-state index contributed by atoms with van der Waals surface area (Å²) in [5, 5.41) is 10.7. The number of carbonyl (C=O) groups excluding carboxylic acids is 1. The highest BCUT2D eigenvalue weighted by atomic mass is 35.5. The molecule has 2 heterocycles. The summed E-state index contributed by atoms with van der Waals surface area (Å²) < 4.78 is 11.1. The topological polar surface area (TPSA) is 88.6 Å². The number of hydrogen-bond acceptors (Lipinski definition) is 6. The highest BCUT2D eigenvalue weighted by Crippen LogP contribution is 2.30. The number of aromatic nitrogens is 2. The quantitative estimate of drug-likeness (QED) is 0.497. The summed E-state index contributed by atoms with van der Waals surface area (Å²) in [6.45, 7) is 0. The van der Waals surface area contributed by atoms with Gasteiger partial charge in [-0.2, -0.15) is 10.2 Å². The third-order valence-corrected chi connectivity index (χ3v) is 4.70. The van der Waals surface area contributed by atoms with Gasteiger partial charge in [-0.1, -0.05) is 11.6 Å². The van der Waals surface area contributed by atoms with Crippen molar-refractivity contribution in [1.82, 2.24) is 15.6 Å². The standard InChI is InChI=1S/C17H15ClN4O3S/c1-24-13-4-3-10(7-14(13)25-2)9-19-22-17(23)12-8-11(20-21-12)15-5-6-16(18)26-15/h3-9H,1-2H3,(H,20,21)(H,22,23)/b19-9-. The van der Waals surface area contributed by atoms with Gasteiger partial charge >= 0.3 is 0 Å². The van der Waals surface area contributed by atoms with E-state index in [0.29, 0.717) is 15.8 Å². The van der Waals surface area contributed by atoms with Crippen LogP contribution in [-0.2, 0) is 0 Å². The van der Waals surface area contributed by atoms with Crippen LogP contribution in [0.3, 0.4) is 0 Å². The van der Waals surface area contributed by atoms with Crippen molar-refractivity contribution in [2.45, 2.75) is 0 Å². The van der Waals surface area contributed by atoms with Gasteiger partial charge in [-0.25, -0.2) is 5.43 Å². The Balaban J connectivity index is 1.65. The molecule has 0 aliphatic carbocycles. The molecule has 3 aromatic rings. The third kappa shape index (κ3) is 4.04. The molecule has 0 bridgehead atoms. The molecule has 1 amide bonds. The molecular weight excluding hydrogens is 376 g/mol. The lowest BCUT2D eigenvalue weighted by Gasteiger charge is -2.07. The molecule has 7 nitrogen and oxygen atoms in total. The van der Waals surface area contributed by atoms with Gasteiger partial charge in [0.2, 0.25) is 0 Å². The summed E-state index contributed by atoms with van der Waals surface area (Å²) in [6.07, 6.45) is 1.51. The predicted octanol–water partition coefficient (Wildman–Crippen LogP) is 3.57. The molecule has 0 fully saturated rings. The molecule has 1 aromatic carbocycles. The Kier molecular flexibility index (Phi) is 5.55. The van der Waals surface area contributed by atoms with E-state index in [2.05, 4.69) is 20.7 Å². The SMILES string of the molecule is COc1ccc(/C=N\NC(=O)c2cc(-c3ccc(Cl)s3)[nH]n2)cc1OC. The number of ether oxygens (including phenoxy) is 2. The molecule has 0 saturated carbocycles. The third-order valence-electron chi connectivity index (χ3n) is 3.44. The average molecular weight is 391 g/mol. The lowest BCUT2D eigenvalue weighted by molar-refractivity contribution is 0.0950. The average Bonchev–Trinajstić information content (AvgIpc) is 3.30. The summed E-state index contributed by atoms with van der Waals surface area (Å²) in [5.74, 6) is 0.771. The minimum absolute atomic E-state index is 0.231. The second-order valence-corrected chi connectivity index (χ2v) is 6.80. The van der Waals surface area contributed by atoms with E-state index in [1.54, 1.807) is 44.6 Å². The zero-order valence-corrected chi connectivity index (χ0v) is 15.5. The number of nitrogens with one attached hydrogen (secondary N) is 2. The lowest BCUT2D eigenvalue weighted by atomic mass is 10.2. The first-order valence-corrected chi connectivity index (χ1v) is 8.66. The van der Waals surface area contributed by atoms with E-state index in [1.165, 1.54) is 17.6 Å². The molecule has 0 aliphatic heterocycles. The van der Waals surface area contributed by atoms with Crippen LogP contribution in [-0.4, -0.2) is 36.5 Å². The molecule has 9 heteroatoms. The minimum Gasteiger partial charge on any atom is -0.493 e. The summed E-state index contributed by atoms with van der Waals surface area (Å²) in [4.78, 5) is 13.0. The van der Waals surface area contributed by atoms with Gasteiger partial charge < -0.3 is 9.47 Å². The number of amides is 1. The molecule has 0 saturated heterocycles. The van der Waals surface area contributed by atoms with Crippen LogP contribution in [0.4, 0.5) is 0 Å². The number of H-pyrrole nitrogens is 1. The van der Waals surface area contributed by atoms with Crippen molar-refractivity contribution in [3.05, 3.63) is 52.0 Å². The van der Waals surface area contributed by atoms with E-state index < -0.39 is 5.91 Å². The smallest absolute Gasteiger partial charge is 0.291 e. The number of hydrazone groups is 1. The maximum Gasteiger partial charge on any atom is 0.291 e. The lowest BCUT2D eigenvalue weighted by Crippen LogP contribution is -2.18.